The van der Waals surface area contributed by atoms with E-state index in [1.165, 1.54) is 6.07 Å². The number of aryl methyl sites for hydroxylation is 1. The number of nitrogens with zero attached hydrogens (tertiary/aromatic N) is 2. The number of hydrogen-bond acceptors (Lipinski definition) is 1. The largest absolute Gasteiger partial charge is 0.292 e. The van der Waals surface area contributed by atoms with Gasteiger partial charge in [-0.3, -0.25) is 4.57 Å². The zero-order chi connectivity index (χ0) is 15.1. The molecule has 0 bridgehead atoms. The number of para-hydroxylation sites is 1. The van der Waals surface area contributed by atoms with E-state index in [9.17, 15) is 4.39 Å². The van der Waals surface area contributed by atoms with Crippen LogP contribution in [0.4, 0.5) is 4.39 Å². The molecule has 2 nitrogen and oxygen atoms in total. The summed E-state index contributed by atoms with van der Waals surface area (Å²) in [6.45, 7) is 3.74. The summed E-state index contributed by atoms with van der Waals surface area (Å²) in [7, 11) is 0. The molecule has 0 saturated carbocycles. The normalized spacial score (nSPS) is 12.8. The second kappa shape index (κ2) is 5.57. The Morgan fingerprint density at radius 2 is 2.05 bits per heavy atom. The first-order valence-electron chi connectivity index (χ1n) is 6.56. The molecule has 5 heteroatoms. The highest BCUT2D eigenvalue weighted by atomic mass is 127. The van der Waals surface area contributed by atoms with E-state index in [0.717, 1.165) is 20.2 Å². The SMILES string of the molecule is Cc1cccc(F)c1-n1c(C(C)Cl)nc2cc(I)ccc21. The van der Waals surface area contributed by atoms with Crippen molar-refractivity contribution >= 4 is 45.2 Å². The van der Waals surface area contributed by atoms with E-state index in [1.54, 1.807) is 6.07 Å². The number of rotatable bonds is 2. The second-order valence-corrected chi connectivity index (χ2v) is 6.86. The van der Waals surface area contributed by atoms with Crippen molar-refractivity contribution in [3.05, 3.63) is 57.2 Å². The summed E-state index contributed by atoms with van der Waals surface area (Å²) >= 11 is 8.50. The molecule has 21 heavy (non-hydrogen) atoms. The van der Waals surface area contributed by atoms with Crippen molar-refractivity contribution in [3.8, 4) is 5.69 Å². The fourth-order valence-corrected chi connectivity index (χ4v) is 3.10. The van der Waals surface area contributed by atoms with Gasteiger partial charge in [0, 0.05) is 3.57 Å². The molecule has 3 rings (SSSR count). The zero-order valence-electron chi connectivity index (χ0n) is 11.6. The molecule has 3 aromatic rings. The lowest BCUT2D eigenvalue weighted by Crippen LogP contribution is -2.06. The van der Waals surface area contributed by atoms with Crippen molar-refractivity contribution < 1.29 is 4.39 Å². The van der Waals surface area contributed by atoms with Gasteiger partial charge >= 0.3 is 0 Å². The molecular formula is C16H13ClFIN2. The third kappa shape index (κ3) is 2.55. The Morgan fingerprint density at radius 1 is 1.29 bits per heavy atom. The van der Waals surface area contributed by atoms with Crippen LogP contribution in [0.1, 0.15) is 23.7 Å². The quantitative estimate of drug-likeness (QED) is 0.407. The lowest BCUT2D eigenvalue weighted by atomic mass is 10.1. The van der Waals surface area contributed by atoms with Gasteiger partial charge in [0.05, 0.1) is 22.1 Å². The molecule has 108 valence electrons. The summed E-state index contributed by atoms with van der Waals surface area (Å²) in [4.78, 5) is 4.59. The van der Waals surface area contributed by atoms with Crippen LogP contribution in [0.15, 0.2) is 36.4 Å². The number of aromatic nitrogens is 2. The van der Waals surface area contributed by atoms with E-state index in [1.807, 2.05) is 42.7 Å². The topological polar surface area (TPSA) is 17.8 Å². The molecule has 0 aliphatic rings. The summed E-state index contributed by atoms with van der Waals surface area (Å²) < 4.78 is 17.3. The summed E-state index contributed by atoms with van der Waals surface area (Å²) in [5, 5.41) is -0.311. The molecule has 0 N–H and O–H groups in total. The number of hydrogen-bond donors (Lipinski definition) is 0. The Kier molecular flexibility index (Phi) is 3.92. The van der Waals surface area contributed by atoms with Gasteiger partial charge in [-0.05, 0) is 66.3 Å². The minimum Gasteiger partial charge on any atom is -0.292 e. The lowest BCUT2D eigenvalue weighted by Gasteiger charge is -2.14. The lowest BCUT2D eigenvalue weighted by molar-refractivity contribution is 0.615. The van der Waals surface area contributed by atoms with Crippen molar-refractivity contribution in [1.82, 2.24) is 9.55 Å². The van der Waals surface area contributed by atoms with Crippen LogP contribution in [-0.4, -0.2) is 9.55 Å². The molecule has 0 radical (unpaired) electrons. The van der Waals surface area contributed by atoms with Crippen LogP contribution < -0.4 is 0 Å². The Morgan fingerprint density at radius 3 is 2.71 bits per heavy atom. The molecular weight excluding hydrogens is 402 g/mol. The van der Waals surface area contributed by atoms with E-state index in [4.69, 9.17) is 11.6 Å². The fourth-order valence-electron chi connectivity index (χ4n) is 2.48. The van der Waals surface area contributed by atoms with Crippen molar-refractivity contribution in [1.29, 1.82) is 0 Å². The summed E-state index contributed by atoms with van der Waals surface area (Å²) in [5.74, 6) is 0.383. The van der Waals surface area contributed by atoms with E-state index in [0.29, 0.717) is 11.5 Å². The van der Waals surface area contributed by atoms with Crippen molar-refractivity contribution in [2.75, 3.05) is 0 Å². The molecule has 2 aromatic carbocycles. The first kappa shape index (κ1) is 14.8. The maximum Gasteiger partial charge on any atom is 0.147 e. The van der Waals surface area contributed by atoms with E-state index in [2.05, 4.69) is 27.6 Å². The van der Waals surface area contributed by atoms with Crippen LogP contribution in [-0.2, 0) is 0 Å². The fraction of sp³-hybridized carbons (Fsp3) is 0.188. The molecule has 1 aromatic heterocycles. The van der Waals surface area contributed by atoms with Gasteiger partial charge in [-0.2, -0.15) is 0 Å². The first-order chi connectivity index (χ1) is 9.99. The van der Waals surface area contributed by atoms with Crippen LogP contribution in [0.2, 0.25) is 0 Å². The Hall–Kier alpha value is -1.14. The van der Waals surface area contributed by atoms with Crippen LogP contribution >= 0.6 is 34.2 Å². The summed E-state index contributed by atoms with van der Waals surface area (Å²) in [5.41, 5.74) is 3.06. The molecule has 0 fully saturated rings. The number of alkyl halides is 1. The minimum atomic E-state index is -0.311. The van der Waals surface area contributed by atoms with Gasteiger partial charge < -0.3 is 0 Å². The predicted octanol–water partition coefficient (Wildman–Crippen LogP) is 5.38. The van der Waals surface area contributed by atoms with Gasteiger partial charge in [-0.1, -0.05) is 12.1 Å². The van der Waals surface area contributed by atoms with Crippen molar-refractivity contribution in [2.24, 2.45) is 0 Å². The van der Waals surface area contributed by atoms with Gasteiger partial charge in [-0.15, -0.1) is 11.6 Å². The number of halogens is 3. The number of benzene rings is 2. The van der Waals surface area contributed by atoms with Gasteiger partial charge in [0.15, 0.2) is 0 Å². The average molecular weight is 415 g/mol. The maximum absolute atomic E-state index is 14.4. The molecule has 1 heterocycles. The molecule has 0 aliphatic heterocycles. The van der Waals surface area contributed by atoms with Crippen LogP contribution in [0.3, 0.4) is 0 Å². The van der Waals surface area contributed by atoms with Crippen molar-refractivity contribution in [2.45, 2.75) is 19.2 Å². The monoisotopic (exact) mass is 414 g/mol. The minimum absolute atomic E-state index is 0.272. The number of fused-ring (bicyclic) bond motifs is 1. The number of imidazole rings is 1. The highest BCUT2D eigenvalue weighted by Gasteiger charge is 2.20. The van der Waals surface area contributed by atoms with E-state index < -0.39 is 0 Å². The zero-order valence-corrected chi connectivity index (χ0v) is 14.5. The summed E-state index contributed by atoms with van der Waals surface area (Å²) in [6, 6.07) is 11.0. The Labute approximate surface area is 141 Å². The molecule has 0 aliphatic carbocycles. The third-order valence-electron chi connectivity index (χ3n) is 3.41. The van der Waals surface area contributed by atoms with Gasteiger partial charge in [0.2, 0.25) is 0 Å². The Bertz CT molecular complexity index is 806. The van der Waals surface area contributed by atoms with Gasteiger partial charge in [-0.25, -0.2) is 9.37 Å². The standard InChI is InChI=1S/C16H13ClFIN2/c1-9-4-3-5-12(18)15(9)21-14-7-6-11(19)8-13(14)20-16(21)10(2)17/h3-8,10H,1-2H3. The molecule has 0 saturated heterocycles. The third-order valence-corrected chi connectivity index (χ3v) is 4.28. The highest BCUT2D eigenvalue weighted by molar-refractivity contribution is 14.1. The molecule has 1 atom stereocenters. The highest BCUT2D eigenvalue weighted by Crippen LogP contribution is 2.31. The van der Waals surface area contributed by atoms with E-state index in [-0.39, 0.29) is 11.2 Å². The molecule has 0 amide bonds. The van der Waals surface area contributed by atoms with Gasteiger partial charge in [0.1, 0.15) is 11.6 Å². The molecule has 1 unspecified atom stereocenters. The first-order valence-corrected chi connectivity index (χ1v) is 8.08. The average Bonchev–Trinajstić information content (AvgIpc) is 2.77. The van der Waals surface area contributed by atoms with Gasteiger partial charge in [0.25, 0.3) is 0 Å². The second-order valence-electron chi connectivity index (χ2n) is 4.96. The van der Waals surface area contributed by atoms with Crippen LogP contribution in [0.25, 0.3) is 16.7 Å². The summed E-state index contributed by atoms with van der Waals surface area (Å²) in [6.07, 6.45) is 0. The van der Waals surface area contributed by atoms with Crippen LogP contribution in [0.5, 0.6) is 0 Å². The molecule has 0 spiro atoms. The smallest absolute Gasteiger partial charge is 0.147 e. The Balaban J connectivity index is 2.42. The predicted molar refractivity (Wildman–Crippen MR) is 92.8 cm³/mol. The van der Waals surface area contributed by atoms with Crippen LogP contribution in [0, 0.1) is 16.3 Å². The van der Waals surface area contributed by atoms with E-state index >= 15 is 0 Å². The van der Waals surface area contributed by atoms with Crippen molar-refractivity contribution in [3.63, 3.8) is 0 Å². The maximum atomic E-state index is 14.4.